The zero-order chi connectivity index (χ0) is 17.4. The van der Waals surface area contributed by atoms with Crippen molar-refractivity contribution in [3.05, 3.63) is 6.33 Å². The molecule has 1 aromatic rings. The van der Waals surface area contributed by atoms with Crippen LogP contribution in [-0.4, -0.2) is 35.6 Å². The number of aromatic nitrogens is 2. The van der Waals surface area contributed by atoms with Crippen molar-refractivity contribution < 1.29 is 0 Å². The van der Waals surface area contributed by atoms with E-state index < -0.39 is 0 Å². The normalized spacial score (nSPS) is 17.1. The van der Waals surface area contributed by atoms with Crippen LogP contribution in [0.3, 0.4) is 0 Å². The molecule has 1 fully saturated rings. The summed E-state index contributed by atoms with van der Waals surface area (Å²) in [6.07, 6.45) is 6.86. The lowest BCUT2D eigenvalue weighted by Crippen LogP contribution is -2.40. The van der Waals surface area contributed by atoms with Crippen molar-refractivity contribution in [1.29, 1.82) is 10.5 Å². The van der Waals surface area contributed by atoms with Crippen molar-refractivity contribution in [3.8, 4) is 12.1 Å². The summed E-state index contributed by atoms with van der Waals surface area (Å²) in [4.78, 5) is 13.0. The van der Waals surface area contributed by atoms with Gasteiger partial charge in [0.2, 0.25) is 0 Å². The lowest BCUT2D eigenvalue weighted by Gasteiger charge is -2.37. The molecule has 1 aliphatic heterocycles. The molecular formula is C17H25N7. The van der Waals surface area contributed by atoms with Crippen molar-refractivity contribution >= 4 is 17.3 Å². The van der Waals surface area contributed by atoms with Gasteiger partial charge in [-0.2, -0.15) is 10.5 Å². The Labute approximate surface area is 143 Å². The van der Waals surface area contributed by atoms with E-state index in [1.165, 1.54) is 12.7 Å². The number of piperidine rings is 1. The molecule has 2 rings (SSSR count). The average Bonchev–Trinajstić information content (AvgIpc) is 2.62. The van der Waals surface area contributed by atoms with Gasteiger partial charge in [-0.15, -0.1) is 0 Å². The van der Waals surface area contributed by atoms with Crippen LogP contribution in [0.4, 0.5) is 17.3 Å². The fourth-order valence-corrected chi connectivity index (χ4v) is 3.26. The average molecular weight is 327 g/mol. The zero-order valence-electron chi connectivity index (χ0n) is 14.3. The molecule has 0 aliphatic carbocycles. The van der Waals surface area contributed by atoms with Gasteiger partial charge in [-0.3, -0.25) is 0 Å². The Balaban J connectivity index is 2.30. The topological polar surface area (TPSA) is 106 Å². The Hall–Kier alpha value is -2.54. The summed E-state index contributed by atoms with van der Waals surface area (Å²) in [5.41, 5.74) is 6.95. The molecule has 1 atom stereocenters. The van der Waals surface area contributed by atoms with E-state index in [0.29, 0.717) is 43.5 Å². The molecule has 2 heterocycles. The standard InChI is InChI=1S/C17H25N7/c1-2-14-7-3-4-12-24(14)17-15(20)16(21-13-22-17)23(10-5-8-18)11-6-9-19/h13-14H,2-7,10-12,20H2,1H3. The van der Waals surface area contributed by atoms with Crippen LogP contribution < -0.4 is 15.5 Å². The number of hydrogen-bond acceptors (Lipinski definition) is 7. The van der Waals surface area contributed by atoms with Crippen LogP contribution in [0.15, 0.2) is 6.33 Å². The molecule has 1 unspecified atom stereocenters. The smallest absolute Gasteiger partial charge is 0.157 e. The maximum atomic E-state index is 8.87. The first-order valence-corrected chi connectivity index (χ1v) is 8.58. The minimum atomic E-state index is 0.367. The zero-order valence-corrected chi connectivity index (χ0v) is 14.3. The molecule has 7 heteroatoms. The number of rotatable bonds is 7. The Morgan fingerprint density at radius 3 is 2.58 bits per heavy atom. The highest BCUT2D eigenvalue weighted by Crippen LogP contribution is 2.33. The first-order valence-electron chi connectivity index (χ1n) is 8.58. The van der Waals surface area contributed by atoms with Gasteiger partial charge in [0.05, 0.1) is 25.0 Å². The Kier molecular flexibility index (Phi) is 6.62. The lowest BCUT2D eigenvalue weighted by molar-refractivity contribution is 0.447. The van der Waals surface area contributed by atoms with Gasteiger partial charge in [0.1, 0.15) is 12.0 Å². The fraction of sp³-hybridized carbons (Fsp3) is 0.647. The molecule has 128 valence electrons. The van der Waals surface area contributed by atoms with Gasteiger partial charge in [-0.1, -0.05) is 6.92 Å². The van der Waals surface area contributed by atoms with Crippen LogP contribution in [0.1, 0.15) is 45.4 Å². The third kappa shape index (κ3) is 4.05. The molecule has 0 aromatic carbocycles. The van der Waals surface area contributed by atoms with E-state index >= 15 is 0 Å². The van der Waals surface area contributed by atoms with E-state index in [9.17, 15) is 0 Å². The van der Waals surface area contributed by atoms with Crippen LogP contribution in [0.2, 0.25) is 0 Å². The Bertz CT molecular complexity index is 598. The number of nitriles is 2. The molecule has 24 heavy (non-hydrogen) atoms. The molecule has 0 spiro atoms. The molecule has 2 N–H and O–H groups in total. The van der Waals surface area contributed by atoms with Gasteiger partial charge >= 0.3 is 0 Å². The second kappa shape index (κ2) is 8.93. The van der Waals surface area contributed by atoms with Crippen LogP contribution in [0.25, 0.3) is 0 Å². The second-order valence-corrected chi connectivity index (χ2v) is 5.99. The Morgan fingerprint density at radius 2 is 1.96 bits per heavy atom. The van der Waals surface area contributed by atoms with E-state index in [0.717, 1.165) is 31.6 Å². The van der Waals surface area contributed by atoms with E-state index in [-0.39, 0.29) is 0 Å². The van der Waals surface area contributed by atoms with Crippen molar-refractivity contribution in [2.75, 3.05) is 35.2 Å². The summed E-state index contributed by atoms with van der Waals surface area (Å²) in [5.74, 6) is 1.41. The van der Waals surface area contributed by atoms with Crippen LogP contribution in [-0.2, 0) is 0 Å². The van der Waals surface area contributed by atoms with Gasteiger partial charge in [0, 0.05) is 25.7 Å². The van der Waals surface area contributed by atoms with Gasteiger partial charge in [-0.05, 0) is 25.7 Å². The predicted octanol–water partition coefficient (Wildman–Crippen LogP) is 2.46. The highest BCUT2D eigenvalue weighted by Gasteiger charge is 2.26. The van der Waals surface area contributed by atoms with Crippen LogP contribution in [0.5, 0.6) is 0 Å². The molecule has 7 nitrogen and oxygen atoms in total. The van der Waals surface area contributed by atoms with Crippen molar-refractivity contribution in [1.82, 2.24) is 9.97 Å². The largest absolute Gasteiger partial charge is 0.393 e. The monoisotopic (exact) mass is 327 g/mol. The van der Waals surface area contributed by atoms with E-state index in [2.05, 4.69) is 33.9 Å². The summed E-state index contributed by atoms with van der Waals surface area (Å²) in [5, 5.41) is 17.7. The molecule has 1 saturated heterocycles. The van der Waals surface area contributed by atoms with Crippen LogP contribution in [0, 0.1) is 22.7 Å². The lowest BCUT2D eigenvalue weighted by atomic mass is 10.00. The number of anilines is 3. The highest BCUT2D eigenvalue weighted by atomic mass is 15.3. The SMILES string of the molecule is CCC1CCCCN1c1ncnc(N(CCC#N)CCC#N)c1N. The minimum Gasteiger partial charge on any atom is -0.393 e. The Morgan fingerprint density at radius 1 is 1.25 bits per heavy atom. The number of hydrogen-bond donors (Lipinski definition) is 1. The van der Waals surface area contributed by atoms with Gasteiger partial charge in [-0.25, -0.2) is 9.97 Å². The number of nitrogen functional groups attached to an aromatic ring is 1. The summed E-state index contributed by atoms with van der Waals surface area (Å²) < 4.78 is 0. The fourth-order valence-electron chi connectivity index (χ4n) is 3.26. The molecule has 0 amide bonds. The van der Waals surface area contributed by atoms with Crippen molar-refractivity contribution in [2.45, 2.75) is 51.5 Å². The molecular weight excluding hydrogens is 302 g/mol. The van der Waals surface area contributed by atoms with Gasteiger partial charge in [0.15, 0.2) is 11.6 Å². The molecule has 1 aromatic heterocycles. The van der Waals surface area contributed by atoms with E-state index in [1.807, 2.05) is 4.90 Å². The summed E-state index contributed by atoms with van der Waals surface area (Å²) >= 11 is 0. The first kappa shape index (κ1) is 17.8. The quantitative estimate of drug-likeness (QED) is 0.819. The second-order valence-electron chi connectivity index (χ2n) is 5.99. The van der Waals surface area contributed by atoms with Crippen LogP contribution >= 0.6 is 0 Å². The van der Waals surface area contributed by atoms with Gasteiger partial charge < -0.3 is 15.5 Å². The molecule has 0 saturated carbocycles. The summed E-state index contributed by atoms with van der Waals surface area (Å²) in [6.45, 7) is 4.16. The molecule has 0 bridgehead atoms. The highest BCUT2D eigenvalue weighted by molar-refractivity contribution is 5.76. The predicted molar refractivity (Wildman–Crippen MR) is 94.4 cm³/mol. The molecule has 0 radical (unpaired) electrons. The molecule has 1 aliphatic rings. The first-order chi connectivity index (χ1) is 11.7. The summed E-state index contributed by atoms with van der Waals surface area (Å²) in [7, 11) is 0. The number of nitrogens with two attached hydrogens (primary N) is 1. The minimum absolute atomic E-state index is 0.367. The third-order valence-corrected chi connectivity index (χ3v) is 4.50. The third-order valence-electron chi connectivity index (χ3n) is 4.50. The van der Waals surface area contributed by atoms with Gasteiger partial charge in [0.25, 0.3) is 0 Å². The maximum absolute atomic E-state index is 8.87. The van der Waals surface area contributed by atoms with E-state index in [1.54, 1.807) is 0 Å². The van der Waals surface area contributed by atoms with Crippen molar-refractivity contribution in [2.24, 2.45) is 0 Å². The maximum Gasteiger partial charge on any atom is 0.157 e. The van der Waals surface area contributed by atoms with E-state index in [4.69, 9.17) is 16.3 Å². The van der Waals surface area contributed by atoms with Crippen molar-refractivity contribution in [3.63, 3.8) is 0 Å². The number of nitrogens with zero attached hydrogens (tertiary/aromatic N) is 6. The summed E-state index contributed by atoms with van der Waals surface area (Å²) in [6, 6.07) is 4.73.